The average molecular weight is 472 g/mol. The van der Waals surface area contributed by atoms with Crippen molar-refractivity contribution in [3.05, 3.63) is 70.5 Å². The van der Waals surface area contributed by atoms with Crippen LogP contribution in [0.4, 0.5) is 0 Å². The fourth-order valence-electron chi connectivity index (χ4n) is 3.42. The molecule has 1 fully saturated rings. The minimum Gasteiger partial charge on any atom is -0.379 e. The highest BCUT2D eigenvalue weighted by Gasteiger charge is 2.26. The van der Waals surface area contributed by atoms with Crippen LogP contribution in [0.15, 0.2) is 64.9 Å². The van der Waals surface area contributed by atoms with E-state index >= 15 is 0 Å². The van der Waals surface area contributed by atoms with Gasteiger partial charge in [-0.15, -0.1) is 11.3 Å². The van der Waals surface area contributed by atoms with Gasteiger partial charge in [0.05, 0.1) is 30.3 Å². The predicted molar refractivity (Wildman–Crippen MR) is 124 cm³/mol. The third kappa shape index (κ3) is 5.60. The highest BCUT2D eigenvalue weighted by Crippen LogP contribution is 2.21. The van der Waals surface area contributed by atoms with Crippen molar-refractivity contribution >= 4 is 27.3 Å². The van der Waals surface area contributed by atoms with Crippen molar-refractivity contribution in [2.75, 3.05) is 26.3 Å². The number of hydrogen-bond acceptors (Lipinski definition) is 6. The van der Waals surface area contributed by atoms with Crippen LogP contribution in [-0.2, 0) is 32.5 Å². The Morgan fingerprint density at radius 1 is 1.06 bits per heavy atom. The number of aromatic nitrogens is 1. The normalized spacial score (nSPS) is 14.9. The molecule has 1 aromatic heterocycles. The van der Waals surface area contributed by atoms with E-state index < -0.39 is 10.0 Å². The van der Waals surface area contributed by atoms with Crippen LogP contribution in [0.25, 0.3) is 11.3 Å². The standard InChI is InChI=1S/C23H25N3O4S2/c27-22(24-16-23-25-21(17-31-23)19-4-2-1-3-5-19)11-8-18-6-9-20(10-7-18)32(28,29)26-12-14-30-15-13-26/h1-7,9-10,17H,8,11-16H2,(H,24,27). The summed E-state index contributed by atoms with van der Waals surface area (Å²) in [6.07, 6.45) is 0.864. The Bertz CT molecular complexity index is 1140. The van der Waals surface area contributed by atoms with E-state index in [1.54, 1.807) is 24.3 Å². The highest BCUT2D eigenvalue weighted by molar-refractivity contribution is 7.89. The number of aryl methyl sites for hydroxylation is 1. The van der Waals surface area contributed by atoms with Crippen molar-refractivity contribution in [3.63, 3.8) is 0 Å². The molecule has 0 aliphatic carbocycles. The number of ether oxygens (including phenoxy) is 1. The first kappa shape index (κ1) is 22.6. The van der Waals surface area contributed by atoms with Gasteiger partial charge in [0.15, 0.2) is 0 Å². The second kappa shape index (κ2) is 10.4. The first-order valence-electron chi connectivity index (χ1n) is 10.5. The van der Waals surface area contributed by atoms with Crippen LogP contribution in [0.3, 0.4) is 0 Å². The number of thiazole rings is 1. The van der Waals surface area contributed by atoms with Gasteiger partial charge in [0, 0.05) is 30.5 Å². The lowest BCUT2D eigenvalue weighted by molar-refractivity contribution is -0.121. The van der Waals surface area contributed by atoms with Crippen LogP contribution >= 0.6 is 11.3 Å². The topological polar surface area (TPSA) is 88.6 Å². The summed E-state index contributed by atoms with van der Waals surface area (Å²) in [5.74, 6) is -0.0634. The number of hydrogen-bond donors (Lipinski definition) is 1. The van der Waals surface area contributed by atoms with Crippen LogP contribution in [0.5, 0.6) is 0 Å². The van der Waals surface area contributed by atoms with E-state index in [9.17, 15) is 13.2 Å². The Hall–Kier alpha value is -2.59. The summed E-state index contributed by atoms with van der Waals surface area (Å²) in [4.78, 5) is 17.1. The molecule has 1 N–H and O–H groups in total. The fraction of sp³-hybridized carbons (Fsp3) is 0.304. The summed E-state index contributed by atoms with van der Waals surface area (Å²) in [6.45, 7) is 1.97. The van der Waals surface area contributed by atoms with Gasteiger partial charge in [-0.25, -0.2) is 13.4 Å². The Balaban J connectivity index is 1.26. The molecule has 32 heavy (non-hydrogen) atoms. The van der Waals surface area contributed by atoms with Gasteiger partial charge in [0.25, 0.3) is 0 Å². The van der Waals surface area contributed by atoms with Crippen LogP contribution < -0.4 is 5.32 Å². The van der Waals surface area contributed by atoms with Gasteiger partial charge < -0.3 is 10.1 Å². The molecular formula is C23H25N3O4S2. The first-order chi connectivity index (χ1) is 15.5. The molecule has 9 heteroatoms. The molecule has 0 radical (unpaired) electrons. The zero-order chi connectivity index (χ0) is 22.4. The summed E-state index contributed by atoms with van der Waals surface area (Å²) < 4.78 is 32.0. The van der Waals surface area contributed by atoms with Gasteiger partial charge in [-0.2, -0.15) is 4.31 Å². The third-order valence-electron chi connectivity index (χ3n) is 5.23. The fourth-order valence-corrected chi connectivity index (χ4v) is 5.57. The summed E-state index contributed by atoms with van der Waals surface area (Å²) >= 11 is 1.52. The first-order valence-corrected chi connectivity index (χ1v) is 12.8. The molecule has 1 aliphatic rings. The lowest BCUT2D eigenvalue weighted by Gasteiger charge is -2.26. The lowest BCUT2D eigenvalue weighted by atomic mass is 10.1. The van der Waals surface area contributed by atoms with E-state index in [2.05, 4.69) is 10.3 Å². The summed E-state index contributed by atoms with van der Waals surface area (Å²) in [6, 6.07) is 16.7. The van der Waals surface area contributed by atoms with E-state index in [-0.39, 0.29) is 10.8 Å². The largest absolute Gasteiger partial charge is 0.379 e. The minimum atomic E-state index is -3.50. The Kier molecular flexibility index (Phi) is 7.31. The van der Waals surface area contributed by atoms with Crippen molar-refractivity contribution in [2.24, 2.45) is 0 Å². The van der Waals surface area contributed by atoms with Crippen LogP contribution in [0.2, 0.25) is 0 Å². The molecule has 0 spiro atoms. The SMILES string of the molecule is O=C(CCc1ccc(S(=O)(=O)N2CCOCC2)cc1)NCc1nc(-c2ccccc2)cs1. The Morgan fingerprint density at radius 3 is 2.50 bits per heavy atom. The molecule has 1 amide bonds. The van der Waals surface area contributed by atoms with Gasteiger partial charge in [0.2, 0.25) is 15.9 Å². The van der Waals surface area contributed by atoms with Crippen molar-refractivity contribution in [3.8, 4) is 11.3 Å². The number of nitrogens with zero attached hydrogens (tertiary/aromatic N) is 2. The Morgan fingerprint density at radius 2 is 1.78 bits per heavy atom. The van der Waals surface area contributed by atoms with Crippen LogP contribution in [0.1, 0.15) is 17.0 Å². The van der Waals surface area contributed by atoms with Gasteiger partial charge in [0.1, 0.15) is 5.01 Å². The average Bonchev–Trinajstić information content (AvgIpc) is 3.32. The molecule has 1 aliphatic heterocycles. The van der Waals surface area contributed by atoms with Crippen molar-refractivity contribution in [1.82, 2.24) is 14.6 Å². The molecule has 0 unspecified atom stereocenters. The predicted octanol–water partition coefficient (Wildman–Crippen LogP) is 3.08. The minimum absolute atomic E-state index is 0.0634. The number of carbonyl (C=O) groups excluding carboxylic acids is 1. The molecule has 7 nitrogen and oxygen atoms in total. The molecule has 1 saturated heterocycles. The van der Waals surface area contributed by atoms with Crippen molar-refractivity contribution in [2.45, 2.75) is 24.3 Å². The smallest absolute Gasteiger partial charge is 0.243 e. The maximum Gasteiger partial charge on any atom is 0.243 e. The molecule has 0 saturated carbocycles. The maximum absolute atomic E-state index is 12.7. The molecule has 0 bridgehead atoms. The molecule has 2 heterocycles. The number of rotatable bonds is 8. The van der Waals surface area contributed by atoms with E-state index in [0.717, 1.165) is 21.8 Å². The molecule has 0 atom stereocenters. The second-order valence-electron chi connectivity index (χ2n) is 7.43. The van der Waals surface area contributed by atoms with Crippen LogP contribution in [-0.4, -0.2) is 49.9 Å². The van der Waals surface area contributed by atoms with Crippen LogP contribution in [0, 0.1) is 0 Å². The quantitative estimate of drug-likeness (QED) is 0.545. The van der Waals surface area contributed by atoms with Gasteiger partial charge in [-0.3, -0.25) is 4.79 Å². The Labute approximate surface area is 192 Å². The van der Waals surface area contributed by atoms with Crippen molar-refractivity contribution in [1.29, 1.82) is 0 Å². The monoisotopic (exact) mass is 471 g/mol. The number of nitrogens with one attached hydrogen (secondary N) is 1. The molecule has 4 rings (SSSR count). The molecular weight excluding hydrogens is 446 g/mol. The maximum atomic E-state index is 12.7. The van der Waals surface area contributed by atoms with E-state index in [4.69, 9.17) is 4.74 Å². The highest BCUT2D eigenvalue weighted by atomic mass is 32.2. The van der Waals surface area contributed by atoms with E-state index in [0.29, 0.717) is 45.7 Å². The number of sulfonamides is 1. The molecule has 3 aromatic rings. The number of amides is 1. The van der Waals surface area contributed by atoms with Gasteiger partial charge >= 0.3 is 0 Å². The van der Waals surface area contributed by atoms with Crippen molar-refractivity contribution < 1.29 is 17.9 Å². The second-order valence-corrected chi connectivity index (χ2v) is 10.3. The summed E-state index contributed by atoms with van der Waals surface area (Å²) in [5.41, 5.74) is 2.88. The lowest BCUT2D eigenvalue weighted by Crippen LogP contribution is -2.40. The number of benzene rings is 2. The van der Waals surface area contributed by atoms with E-state index in [1.807, 2.05) is 35.7 Å². The third-order valence-corrected chi connectivity index (χ3v) is 7.99. The van der Waals surface area contributed by atoms with E-state index in [1.165, 1.54) is 15.6 Å². The summed E-state index contributed by atoms with van der Waals surface area (Å²) in [5, 5.41) is 5.75. The molecule has 168 valence electrons. The number of carbonyl (C=O) groups is 1. The summed E-state index contributed by atoms with van der Waals surface area (Å²) in [7, 11) is -3.50. The number of morpholine rings is 1. The zero-order valence-electron chi connectivity index (χ0n) is 17.6. The molecule has 2 aromatic carbocycles. The zero-order valence-corrected chi connectivity index (χ0v) is 19.2. The van der Waals surface area contributed by atoms with Gasteiger partial charge in [-0.1, -0.05) is 42.5 Å². The van der Waals surface area contributed by atoms with Gasteiger partial charge in [-0.05, 0) is 24.1 Å².